The van der Waals surface area contributed by atoms with Gasteiger partial charge in [-0.25, -0.2) is 0 Å². The molecule has 2 heteroatoms. The first-order valence-corrected chi connectivity index (χ1v) is 8.33. The summed E-state index contributed by atoms with van der Waals surface area (Å²) in [7, 11) is 2.02. The van der Waals surface area contributed by atoms with Crippen molar-refractivity contribution < 1.29 is 0 Å². The molecule has 1 aliphatic heterocycles. The minimum atomic E-state index is 0.866. The van der Waals surface area contributed by atoms with Crippen LogP contribution in [0.25, 0.3) is 0 Å². The molecule has 110 valence electrons. The van der Waals surface area contributed by atoms with Crippen LogP contribution in [0.4, 0.5) is 0 Å². The number of nitrogens with one attached hydrogen (secondary N) is 1. The number of fused-ring (bicyclic) bond motifs is 1. The zero-order chi connectivity index (χ0) is 13.8. The average Bonchev–Trinajstić information content (AvgIpc) is 2.48. The van der Waals surface area contributed by atoms with E-state index in [1.165, 1.54) is 56.2 Å². The third kappa shape index (κ3) is 3.24. The van der Waals surface area contributed by atoms with Gasteiger partial charge < -0.3 is 5.32 Å². The fourth-order valence-corrected chi connectivity index (χ4v) is 4.20. The van der Waals surface area contributed by atoms with Gasteiger partial charge in [0.25, 0.3) is 0 Å². The molecule has 1 saturated carbocycles. The van der Waals surface area contributed by atoms with E-state index in [-0.39, 0.29) is 0 Å². The van der Waals surface area contributed by atoms with Gasteiger partial charge >= 0.3 is 0 Å². The van der Waals surface area contributed by atoms with Gasteiger partial charge in [-0.15, -0.1) is 0 Å². The second kappa shape index (κ2) is 6.73. The summed E-state index contributed by atoms with van der Waals surface area (Å²) in [6, 6.07) is 9.98. The van der Waals surface area contributed by atoms with Gasteiger partial charge in [0.15, 0.2) is 0 Å². The molecule has 1 aromatic carbocycles. The first kappa shape index (κ1) is 14.1. The molecule has 1 N–H and O–H groups in total. The Morgan fingerprint density at radius 3 is 2.80 bits per heavy atom. The SMILES string of the molecule is CNCc1cccc(CN2CCCC3CCCCC32)c1. The van der Waals surface area contributed by atoms with Gasteiger partial charge in [0.05, 0.1) is 0 Å². The molecule has 2 aliphatic rings. The normalized spacial score (nSPS) is 27.2. The molecule has 2 fully saturated rings. The zero-order valence-electron chi connectivity index (χ0n) is 12.8. The van der Waals surface area contributed by atoms with Crippen LogP contribution < -0.4 is 5.32 Å². The molecule has 2 atom stereocenters. The van der Waals surface area contributed by atoms with E-state index in [2.05, 4.69) is 34.5 Å². The maximum absolute atomic E-state index is 3.25. The Morgan fingerprint density at radius 1 is 1.10 bits per heavy atom. The Labute approximate surface area is 123 Å². The summed E-state index contributed by atoms with van der Waals surface area (Å²) < 4.78 is 0. The number of benzene rings is 1. The molecule has 1 saturated heterocycles. The van der Waals surface area contributed by atoms with E-state index in [0.29, 0.717) is 0 Å². The van der Waals surface area contributed by atoms with E-state index in [0.717, 1.165) is 25.0 Å². The summed E-state index contributed by atoms with van der Waals surface area (Å²) in [5.74, 6) is 0.984. The van der Waals surface area contributed by atoms with Crippen LogP contribution in [0.15, 0.2) is 24.3 Å². The standard InChI is InChI=1S/C18H28N2/c1-19-13-15-6-4-7-16(12-15)14-20-11-5-9-17-8-2-3-10-18(17)20/h4,6-7,12,17-19H,2-3,5,8-11,13-14H2,1H3. The van der Waals surface area contributed by atoms with Crippen LogP contribution >= 0.6 is 0 Å². The van der Waals surface area contributed by atoms with Gasteiger partial charge in [0.2, 0.25) is 0 Å². The van der Waals surface area contributed by atoms with E-state index in [4.69, 9.17) is 0 Å². The molecular weight excluding hydrogens is 244 g/mol. The number of hydrogen-bond donors (Lipinski definition) is 1. The number of likely N-dealkylation sites (tertiary alicyclic amines) is 1. The second-order valence-electron chi connectivity index (χ2n) is 6.57. The molecule has 2 unspecified atom stereocenters. The van der Waals surface area contributed by atoms with Crippen molar-refractivity contribution in [1.29, 1.82) is 0 Å². The van der Waals surface area contributed by atoms with Crippen molar-refractivity contribution in [3.63, 3.8) is 0 Å². The molecule has 0 spiro atoms. The van der Waals surface area contributed by atoms with Gasteiger partial charge in [-0.1, -0.05) is 37.1 Å². The maximum Gasteiger partial charge on any atom is 0.0236 e. The van der Waals surface area contributed by atoms with Gasteiger partial charge in [0, 0.05) is 19.1 Å². The lowest BCUT2D eigenvalue weighted by Crippen LogP contribution is -2.46. The number of piperidine rings is 1. The number of nitrogens with zero attached hydrogens (tertiary/aromatic N) is 1. The predicted molar refractivity (Wildman–Crippen MR) is 84.6 cm³/mol. The van der Waals surface area contributed by atoms with Crippen LogP contribution in [0.1, 0.15) is 49.7 Å². The van der Waals surface area contributed by atoms with E-state index < -0.39 is 0 Å². The molecule has 1 aromatic rings. The highest BCUT2D eigenvalue weighted by Gasteiger charge is 2.32. The predicted octanol–water partition coefficient (Wildman–Crippen LogP) is 3.56. The van der Waals surface area contributed by atoms with Crippen LogP contribution in [-0.2, 0) is 13.1 Å². The van der Waals surface area contributed by atoms with Crippen LogP contribution in [0.2, 0.25) is 0 Å². The van der Waals surface area contributed by atoms with Crippen LogP contribution in [0.5, 0.6) is 0 Å². The fourth-order valence-electron chi connectivity index (χ4n) is 4.20. The minimum Gasteiger partial charge on any atom is -0.316 e. The van der Waals surface area contributed by atoms with Gasteiger partial charge in [-0.05, 0) is 56.3 Å². The van der Waals surface area contributed by atoms with E-state index >= 15 is 0 Å². The highest BCUT2D eigenvalue weighted by Crippen LogP contribution is 2.35. The Bertz CT molecular complexity index is 427. The summed E-state index contributed by atoms with van der Waals surface area (Å²) in [5.41, 5.74) is 2.89. The quantitative estimate of drug-likeness (QED) is 0.901. The largest absolute Gasteiger partial charge is 0.316 e. The topological polar surface area (TPSA) is 15.3 Å². The average molecular weight is 272 g/mol. The zero-order valence-corrected chi connectivity index (χ0v) is 12.8. The van der Waals surface area contributed by atoms with Crippen LogP contribution in [0, 0.1) is 5.92 Å². The second-order valence-corrected chi connectivity index (χ2v) is 6.57. The van der Waals surface area contributed by atoms with Gasteiger partial charge in [-0.2, -0.15) is 0 Å². The fraction of sp³-hybridized carbons (Fsp3) is 0.667. The van der Waals surface area contributed by atoms with Crippen molar-refractivity contribution in [2.75, 3.05) is 13.6 Å². The third-order valence-electron chi connectivity index (χ3n) is 5.12. The molecule has 1 heterocycles. The molecule has 3 rings (SSSR count). The van der Waals surface area contributed by atoms with Gasteiger partial charge in [0.1, 0.15) is 0 Å². The van der Waals surface area contributed by atoms with Gasteiger partial charge in [-0.3, -0.25) is 4.90 Å². The molecule has 0 aromatic heterocycles. The summed E-state index contributed by atoms with van der Waals surface area (Å²) in [6.07, 6.45) is 8.68. The van der Waals surface area contributed by atoms with E-state index in [1.54, 1.807) is 0 Å². The summed E-state index contributed by atoms with van der Waals surface area (Å²) in [5, 5.41) is 3.25. The lowest BCUT2D eigenvalue weighted by Gasteiger charge is -2.44. The molecule has 0 amide bonds. The molecule has 0 radical (unpaired) electrons. The third-order valence-corrected chi connectivity index (χ3v) is 5.12. The number of hydrogen-bond acceptors (Lipinski definition) is 2. The van der Waals surface area contributed by atoms with Crippen molar-refractivity contribution in [2.24, 2.45) is 5.92 Å². The van der Waals surface area contributed by atoms with Crippen LogP contribution in [0.3, 0.4) is 0 Å². The smallest absolute Gasteiger partial charge is 0.0236 e. The highest BCUT2D eigenvalue weighted by molar-refractivity contribution is 5.23. The molecule has 0 bridgehead atoms. The summed E-state index contributed by atoms with van der Waals surface area (Å²) in [6.45, 7) is 3.43. The van der Waals surface area contributed by atoms with E-state index in [9.17, 15) is 0 Å². The molecular formula is C18H28N2. The van der Waals surface area contributed by atoms with Crippen molar-refractivity contribution in [1.82, 2.24) is 10.2 Å². The van der Waals surface area contributed by atoms with Crippen molar-refractivity contribution in [3.05, 3.63) is 35.4 Å². The first-order valence-electron chi connectivity index (χ1n) is 8.33. The lowest BCUT2D eigenvalue weighted by atomic mass is 9.78. The van der Waals surface area contributed by atoms with E-state index in [1.807, 2.05) is 7.05 Å². The highest BCUT2D eigenvalue weighted by atomic mass is 15.2. The Kier molecular flexibility index (Phi) is 4.74. The lowest BCUT2D eigenvalue weighted by molar-refractivity contribution is 0.0547. The summed E-state index contributed by atoms with van der Waals surface area (Å²) in [4.78, 5) is 2.77. The van der Waals surface area contributed by atoms with Crippen molar-refractivity contribution >= 4 is 0 Å². The van der Waals surface area contributed by atoms with Crippen molar-refractivity contribution in [2.45, 2.75) is 57.7 Å². The van der Waals surface area contributed by atoms with Crippen molar-refractivity contribution in [3.8, 4) is 0 Å². The Morgan fingerprint density at radius 2 is 1.90 bits per heavy atom. The number of rotatable bonds is 4. The first-order chi connectivity index (χ1) is 9.86. The monoisotopic (exact) mass is 272 g/mol. The minimum absolute atomic E-state index is 0.866. The van der Waals surface area contributed by atoms with Crippen LogP contribution in [-0.4, -0.2) is 24.5 Å². The maximum atomic E-state index is 3.25. The Hall–Kier alpha value is -0.860. The molecule has 20 heavy (non-hydrogen) atoms. The molecule has 2 nitrogen and oxygen atoms in total. The Balaban J connectivity index is 1.68. The summed E-state index contributed by atoms with van der Waals surface area (Å²) >= 11 is 0. The molecule has 1 aliphatic carbocycles.